The van der Waals surface area contributed by atoms with Crippen molar-refractivity contribution < 1.29 is 4.79 Å². The second kappa shape index (κ2) is 4.50. The summed E-state index contributed by atoms with van der Waals surface area (Å²) in [5, 5.41) is 6.88. The third kappa shape index (κ3) is 2.36. The first-order chi connectivity index (χ1) is 9.15. The van der Waals surface area contributed by atoms with E-state index in [0.717, 1.165) is 29.9 Å². The molecule has 0 saturated heterocycles. The third-order valence-electron chi connectivity index (χ3n) is 3.35. The van der Waals surface area contributed by atoms with Crippen LogP contribution in [0.25, 0.3) is 0 Å². The summed E-state index contributed by atoms with van der Waals surface area (Å²) >= 11 is 0. The van der Waals surface area contributed by atoms with Gasteiger partial charge >= 0.3 is 0 Å². The van der Waals surface area contributed by atoms with Crippen LogP contribution in [-0.2, 0) is 0 Å². The highest BCUT2D eigenvalue weighted by Crippen LogP contribution is 2.37. The maximum atomic E-state index is 12.3. The maximum Gasteiger partial charge on any atom is 0.297 e. The number of nitrogens with zero attached hydrogens (tertiary/aromatic N) is 3. The molecular formula is C14H16N4O. The predicted octanol–water partition coefficient (Wildman–Crippen LogP) is 2.27. The lowest BCUT2D eigenvalue weighted by atomic mass is 10.2. The van der Waals surface area contributed by atoms with Crippen LogP contribution >= 0.6 is 0 Å². The Morgan fingerprint density at radius 3 is 2.89 bits per heavy atom. The molecule has 2 aromatic rings. The highest BCUT2D eigenvalue weighted by molar-refractivity contribution is 6.03. The molecule has 0 bridgehead atoms. The molecule has 5 heteroatoms. The summed E-state index contributed by atoms with van der Waals surface area (Å²) in [7, 11) is 1.74. The second-order valence-corrected chi connectivity index (χ2v) is 5.02. The number of aromatic nitrogens is 3. The minimum Gasteiger partial charge on any atom is -0.309 e. The highest BCUT2D eigenvalue weighted by atomic mass is 16.2. The number of H-pyrrole nitrogens is 1. The van der Waals surface area contributed by atoms with E-state index in [4.69, 9.17) is 0 Å². The minimum absolute atomic E-state index is 0.186. The number of hydrogen-bond donors (Lipinski definition) is 1. The molecule has 1 heterocycles. The van der Waals surface area contributed by atoms with Crippen molar-refractivity contribution in [1.82, 2.24) is 15.2 Å². The van der Waals surface area contributed by atoms with Gasteiger partial charge in [-0.05, 0) is 37.5 Å². The van der Waals surface area contributed by atoms with E-state index in [0.29, 0.717) is 5.92 Å². The topological polar surface area (TPSA) is 61.9 Å². The summed E-state index contributed by atoms with van der Waals surface area (Å²) in [6, 6.07) is 7.80. The van der Waals surface area contributed by atoms with Crippen LogP contribution in [0.3, 0.4) is 0 Å². The van der Waals surface area contributed by atoms with Gasteiger partial charge in [-0.25, -0.2) is 4.98 Å². The fraction of sp³-hybridized carbons (Fsp3) is 0.357. The summed E-state index contributed by atoms with van der Waals surface area (Å²) in [4.78, 5) is 18.2. The summed E-state index contributed by atoms with van der Waals surface area (Å²) < 4.78 is 0. The zero-order valence-electron chi connectivity index (χ0n) is 11.1. The lowest BCUT2D eigenvalue weighted by molar-refractivity contribution is 0.0983. The van der Waals surface area contributed by atoms with Gasteiger partial charge in [0.15, 0.2) is 0 Å². The summed E-state index contributed by atoms with van der Waals surface area (Å²) in [5.74, 6) is 1.36. The molecule has 98 valence electrons. The largest absolute Gasteiger partial charge is 0.309 e. The number of anilines is 1. The molecule has 1 saturated carbocycles. The van der Waals surface area contributed by atoms with Gasteiger partial charge in [-0.2, -0.15) is 0 Å². The Bertz CT molecular complexity index is 615. The summed E-state index contributed by atoms with van der Waals surface area (Å²) in [5.41, 5.74) is 1.97. The molecule has 0 aliphatic heterocycles. The molecule has 0 spiro atoms. The highest BCUT2D eigenvalue weighted by Gasteiger charge is 2.28. The number of carbonyl (C=O) groups excluding carboxylic acids is 1. The Hall–Kier alpha value is -2.17. The number of amides is 1. The Balaban J connectivity index is 1.81. The molecule has 0 radical (unpaired) electrons. The van der Waals surface area contributed by atoms with Crippen LogP contribution in [0.2, 0.25) is 0 Å². The second-order valence-electron chi connectivity index (χ2n) is 5.02. The van der Waals surface area contributed by atoms with E-state index in [2.05, 4.69) is 15.2 Å². The number of hydrogen-bond acceptors (Lipinski definition) is 3. The van der Waals surface area contributed by atoms with Gasteiger partial charge in [-0.3, -0.25) is 9.89 Å². The molecule has 1 aliphatic carbocycles. The number of rotatable bonds is 3. The van der Waals surface area contributed by atoms with Gasteiger partial charge in [0, 0.05) is 18.7 Å². The first-order valence-corrected chi connectivity index (χ1v) is 6.42. The van der Waals surface area contributed by atoms with Gasteiger partial charge in [-0.1, -0.05) is 12.1 Å². The van der Waals surface area contributed by atoms with Crippen molar-refractivity contribution in [1.29, 1.82) is 0 Å². The van der Waals surface area contributed by atoms with Crippen molar-refractivity contribution >= 4 is 11.6 Å². The van der Waals surface area contributed by atoms with Gasteiger partial charge in [0.1, 0.15) is 5.82 Å². The molecule has 1 N–H and O–H groups in total. The zero-order chi connectivity index (χ0) is 13.4. The molecule has 1 fully saturated rings. The average molecular weight is 256 g/mol. The van der Waals surface area contributed by atoms with Gasteiger partial charge in [0.25, 0.3) is 5.91 Å². The fourth-order valence-corrected chi connectivity index (χ4v) is 2.01. The van der Waals surface area contributed by atoms with Gasteiger partial charge in [-0.15, -0.1) is 5.10 Å². The Labute approximate surface area is 111 Å². The lowest BCUT2D eigenvalue weighted by Crippen LogP contribution is -2.27. The fourth-order valence-electron chi connectivity index (χ4n) is 2.01. The molecule has 19 heavy (non-hydrogen) atoms. The van der Waals surface area contributed by atoms with E-state index >= 15 is 0 Å². The SMILES string of the molecule is Cc1cccc(N(C)C(=O)c2n[nH]c(C3CC3)n2)c1. The molecule has 1 aromatic carbocycles. The van der Waals surface area contributed by atoms with Crippen LogP contribution in [0.4, 0.5) is 5.69 Å². The first kappa shape index (κ1) is 11.9. The smallest absolute Gasteiger partial charge is 0.297 e. The normalized spacial score (nSPS) is 14.4. The van der Waals surface area contributed by atoms with Crippen LogP contribution in [0.1, 0.15) is 40.8 Å². The van der Waals surface area contributed by atoms with Crippen molar-refractivity contribution in [3.8, 4) is 0 Å². The van der Waals surface area contributed by atoms with Crippen LogP contribution in [0.5, 0.6) is 0 Å². The van der Waals surface area contributed by atoms with Crippen LogP contribution < -0.4 is 4.90 Å². The van der Waals surface area contributed by atoms with Crippen molar-refractivity contribution in [2.45, 2.75) is 25.7 Å². The quantitative estimate of drug-likeness (QED) is 0.916. The molecule has 1 amide bonds. The Kier molecular flexibility index (Phi) is 2.81. The predicted molar refractivity (Wildman–Crippen MR) is 72.3 cm³/mol. The first-order valence-electron chi connectivity index (χ1n) is 6.42. The van der Waals surface area contributed by atoms with E-state index < -0.39 is 0 Å². The zero-order valence-corrected chi connectivity index (χ0v) is 11.1. The molecule has 1 aromatic heterocycles. The molecule has 5 nitrogen and oxygen atoms in total. The number of nitrogens with one attached hydrogen (secondary N) is 1. The maximum absolute atomic E-state index is 12.3. The summed E-state index contributed by atoms with van der Waals surface area (Å²) in [6.45, 7) is 2.00. The molecule has 3 rings (SSSR count). The third-order valence-corrected chi connectivity index (χ3v) is 3.35. The molecule has 1 aliphatic rings. The van der Waals surface area contributed by atoms with Crippen molar-refractivity contribution in [2.75, 3.05) is 11.9 Å². The van der Waals surface area contributed by atoms with Gasteiger partial charge in [0.05, 0.1) is 0 Å². The van der Waals surface area contributed by atoms with Gasteiger partial charge < -0.3 is 4.90 Å². The molecule has 0 atom stereocenters. The van der Waals surface area contributed by atoms with E-state index in [9.17, 15) is 4.79 Å². The van der Waals surface area contributed by atoms with Crippen LogP contribution in [0, 0.1) is 6.92 Å². The van der Waals surface area contributed by atoms with Gasteiger partial charge in [0.2, 0.25) is 5.82 Å². The summed E-state index contributed by atoms with van der Waals surface area (Å²) in [6.07, 6.45) is 2.27. The number of aryl methyl sites for hydroxylation is 1. The molecule has 0 unspecified atom stereocenters. The number of benzene rings is 1. The molecular weight excluding hydrogens is 240 g/mol. The van der Waals surface area contributed by atoms with Crippen LogP contribution in [-0.4, -0.2) is 28.1 Å². The Morgan fingerprint density at radius 2 is 2.21 bits per heavy atom. The van der Waals surface area contributed by atoms with E-state index in [1.54, 1.807) is 11.9 Å². The minimum atomic E-state index is -0.186. The van der Waals surface area contributed by atoms with Crippen LogP contribution in [0.15, 0.2) is 24.3 Å². The van der Waals surface area contributed by atoms with Crippen molar-refractivity contribution in [2.24, 2.45) is 0 Å². The standard InChI is InChI=1S/C14H16N4O/c1-9-4-3-5-11(8-9)18(2)14(19)13-15-12(16-17-13)10-6-7-10/h3-5,8,10H,6-7H2,1-2H3,(H,15,16,17). The lowest BCUT2D eigenvalue weighted by Gasteiger charge is -2.15. The monoisotopic (exact) mass is 256 g/mol. The van der Waals surface area contributed by atoms with E-state index in [1.807, 2.05) is 31.2 Å². The van der Waals surface area contributed by atoms with E-state index in [-0.39, 0.29) is 11.7 Å². The number of aromatic amines is 1. The van der Waals surface area contributed by atoms with Crippen molar-refractivity contribution in [3.63, 3.8) is 0 Å². The average Bonchev–Trinajstić information content (AvgIpc) is 3.15. The van der Waals surface area contributed by atoms with Crippen molar-refractivity contribution in [3.05, 3.63) is 41.5 Å². The Morgan fingerprint density at radius 1 is 1.42 bits per heavy atom. The number of carbonyl (C=O) groups is 1. The van der Waals surface area contributed by atoms with E-state index in [1.165, 1.54) is 0 Å².